The Balaban J connectivity index is 1.56. The minimum absolute atomic E-state index is 0.0325. The number of hydrogen-bond acceptors (Lipinski definition) is 8. The zero-order valence-corrected chi connectivity index (χ0v) is 26.0. The molecule has 0 bridgehead atoms. The molecular weight excluding hydrogens is 585 g/mol. The molecule has 228 valence electrons. The van der Waals surface area contributed by atoms with Gasteiger partial charge < -0.3 is 19.4 Å². The van der Waals surface area contributed by atoms with Crippen LogP contribution in [0.2, 0.25) is 10.0 Å². The Morgan fingerprint density at radius 3 is 1.64 bits per heavy atom. The summed E-state index contributed by atoms with van der Waals surface area (Å²) in [7, 11) is 0. The van der Waals surface area contributed by atoms with Crippen molar-refractivity contribution < 1.29 is 19.4 Å². The van der Waals surface area contributed by atoms with Gasteiger partial charge in [-0.15, -0.1) is 0 Å². The van der Waals surface area contributed by atoms with Crippen LogP contribution in [-0.2, 0) is 4.74 Å². The number of carbonyl (C=O) groups excluding carboxylic acids is 1. The van der Waals surface area contributed by atoms with E-state index in [0.717, 1.165) is 12.8 Å². The quantitative estimate of drug-likeness (QED) is 0.224. The van der Waals surface area contributed by atoms with E-state index in [4.69, 9.17) is 27.9 Å². The summed E-state index contributed by atoms with van der Waals surface area (Å²) < 4.78 is 5.86. The third-order valence-electron chi connectivity index (χ3n) is 8.25. The second-order valence-electron chi connectivity index (χ2n) is 12.1. The third kappa shape index (κ3) is 7.00. The number of ether oxygens (including phenoxy) is 1. The molecule has 4 unspecified atom stereocenters. The van der Waals surface area contributed by atoms with Gasteiger partial charge in [-0.25, -0.2) is 4.79 Å². The van der Waals surface area contributed by atoms with Gasteiger partial charge in [-0.05, 0) is 83.6 Å². The first-order chi connectivity index (χ1) is 19.7. The Hall–Kier alpha value is -3.31. The summed E-state index contributed by atoms with van der Waals surface area (Å²) in [4.78, 5) is 42.0. The van der Waals surface area contributed by atoms with Crippen molar-refractivity contribution in [1.29, 1.82) is 0 Å². The van der Waals surface area contributed by atoms with Crippen molar-refractivity contribution in [2.75, 3.05) is 36.0 Å². The number of carbonyl (C=O) groups is 1. The topological polar surface area (TPSA) is 122 Å². The van der Waals surface area contributed by atoms with E-state index < -0.39 is 21.5 Å². The van der Waals surface area contributed by atoms with Crippen molar-refractivity contribution >= 4 is 52.0 Å². The van der Waals surface area contributed by atoms with Crippen molar-refractivity contribution in [2.24, 2.45) is 11.8 Å². The van der Waals surface area contributed by atoms with Crippen LogP contribution in [0.4, 0.5) is 27.5 Å². The molecule has 42 heavy (non-hydrogen) atoms. The number of hydrogen-bond donors (Lipinski definition) is 0. The van der Waals surface area contributed by atoms with Crippen molar-refractivity contribution in [3.05, 3.63) is 66.7 Å². The minimum Gasteiger partial charge on any atom is -0.444 e. The first-order valence-electron chi connectivity index (χ1n) is 14.1. The van der Waals surface area contributed by atoms with Gasteiger partial charge in [0, 0.05) is 60.4 Å². The molecule has 0 N–H and O–H groups in total. The number of nitro groups is 2. The van der Waals surface area contributed by atoms with E-state index in [-0.39, 0.29) is 35.3 Å². The van der Waals surface area contributed by atoms with Crippen molar-refractivity contribution in [1.82, 2.24) is 4.90 Å². The van der Waals surface area contributed by atoms with Crippen LogP contribution >= 0.6 is 23.2 Å². The number of benzene rings is 2. The van der Waals surface area contributed by atoms with E-state index in [1.54, 1.807) is 29.2 Å². The van der Waals surface area contributed by atoms with E-state index in [2.05, 4.69) is 0 Å². The van der Waals surface area contributed by atoms with Crippen LogP contribution < -0.4 is 9.80 Å². The standard InChI is InChI=1S/C29H37Cl2N5O6/c1-18(20-10-12-32(16-20)24-8-6-22(30)14-26(24)35(38)39)34(28(37)42-29(3,4)5)19(2)21-11-13-33(17-21)25-9-7-23(31)15-27(25)36(40)41/h6-9,14-15,18-21H,10-13,16-17H2,1-5H3. The highest BCUT2D eigenvalue weighted by molar-refractivity contribution is 6.31. The van der Waals surface area contributed by atoms with Crippen molar-refractivity contribution in [3.63, 3.8) is 0 Å². The summed E-state index contributed by atoms with van der Waals surface area (Å²) in [5.74, 6) is 0.0650. The highest BCUT2D eigenvalue weighted by Crippen LogP contribution is 2.39. The molecular formula is C29H37Cl2N5O6. The summed E-state index contributed by atoms with van der Waals surface area (Å²) in [5, 5.41) is 24.0. The van der Waals surface area contributed by atoms with E-state index in [1.165, 1.54) is 12.1 Å². The van der Waals surface area contributed by atoms with Gasteiger partial charge in [0.2, 0.25) is 0 Å². The lowest BCUT2D eigenvalue weighted by atomic mass is 9.93. The SMILES string of the molecule is CC(C1CCN(c2ccc(Cl)cc2[N+](=O)[O-])C1)N(C(=O)OC(C)(C)C)C(C)C1CCN(c2ccc(Cl)cc2[N+](=O)[O-])C1. The molecule has 2 heterocycles. The summed E-state index contributed by atoms with van der Waals surface area (Å²) >= 11 is 12.1. The molecule has 0 radical (unpaired) electrons. The zero-order chi connectivity index (χ0) is 30.9. The first-order valence-corrected chi connectivity index (χ1v) is 14.8. The number of rotatable bonds is 8. The molecule has 0 aliphatic carbocycles. The fourth-order valence-electron chi connectivity index (χ4n) is 6.09. The van der Waals surface area contributed by atoms with Gasteiger partial charge in [0.25, 0.3) is 11.4 Å². The predicted octanol–water partition coefficient (Wildman–Crippen LogP) is 7.18. The Bertz CT molecular complexity index is 1260. The second kappa shape index (κ2) is 12.5. The molecule has 2 aliphatic rings. The molecule has 2 fully saturated rings. The summed E-state index contributed by atoms with van der Waals surface area (Å²) in [6.45, 7) is 11.7. The van der Waals surface area contributed by atoms with E-state index in [1.807, 2.05) is 44.4 Å². The minimum atomic E-state index is -0.702. The maximum atomic E-state index is 13.7. The van der Waals surface area contributed by atoms with Gasteiger partial charge in [-0.3, -0.25) is 20.2 Å². The molecule has 0 aromatic heterocycles. The molecule has 4 atom stereocenters. The summed E-state index contributed by atoms with van der Waals surface area (Å²) in [5.41, 5.74) is 0.219. The molecule has 1 amide bonds. The highest BCUT2D eigenvalue weighted by atomic mass is 35.5. The maximum absolute atomic E-state index is 13.7. The second-order valence-corrected chi connectivity index (χ2v) is 13.0. The fourth-order valence-corrected chi connectivity index (χ4v) is 6.43. The third-order valence-corrected chi connectivity index (χ3v) is 8.72. The molecule has 0 spiro atoms. The van der Waals surface area contributed by atoms with Gasteiger partial charge in [-0.1, -0.05) is 23.2 Å². The Kier molecular flexibility index (Phi) is 9.42. The lowest BCUT2D eigenvalue weighted by Crippen LogP contribution is -2.53. The van der Waals surface area contributed by atoms with E-state index in [9.17, 15) is 25.0 Å². The van der Waals surface area contributed by atoms with Gasteiger partial charge in [-0.2, -0.15) is 0 Å². The van der Waals surface area contributed by atoms with Crippen LogP contribution in [0.5, 0.6) is 0 Å². The zero-order valence-electron chi connectivity index (χ0n) is 24.5. The Morgan fingerprint density at radius 1 is 0.881 bits per heavy atom. The van der Waals surface area contributed by atoms with Crippen molar-refractivity contribution in [2.45, 2.75) is 65.1 Å². The van der Waals surface area contributed by atoms with Gasteiger partial charge >= 0.3 is 6.09 Å². The largest absolute Gasteiger partial charge is 0.444 e. The number of anilines is 2. The highest BCUT2D eigenvalue weighted by Gasteiger charge is 2.42. The lowest BCUT2D eigenvalue weighted by Gasteiger charge is -2.40. The van der Waals surface area contributed by atoms with Gasteiger partial charge in [0.1, 0.15) is 17.0 Å². The molecule has 13 heteroatoms. The van der Waals surface area contributed by atoms with Crippen LogP contribution in [0.3, 0.4) is 0 Å². The summed E-state index contributed by atoms with van der Waals surface area (Å²) in [6, 6.07) is 8.89. The normalized spacial score (nSPS) is 20.4. The monoisotopic (exact) mass is 621 g/mol. The number of amides is 1. The average Bonchev–Trinajstić information content (AvgIpc) is 3.58. The Morgan fingerprint density at radius 2 is 1.29 bits per heavy atom. The van der Waals surface area contributed by atoms with Gasteiger partial charge in [0.05, 0.1) is 9.85 Å². The van der Waals surface area contributed by atoms with Crippen LogP contribution in [0.1, 0.15) is 47.5 Å². The number of nitro benzene ring substituents is 2. The van der Waals surface area contributed by atoms with Crippen LogP contribution in [-0.4, -0.2) is 64.7 Å². The predicted molar refractivity (Wildman–Crippen MR) is 164 cm³/mol. The van der Waals surface area contributed by atoms with Crippen LogP contribution in [0.15, 0.2) is 36.4 Å². The van der Waals surface area contributed by atoms with Gasteiger partial charge in [0.15, 0.2) is 0 Å². The van der Waals surface area contributed by atoms with Crippen LogP contribution in [0.25, 0.3) is 0 Å². The molecule has 2 saturated heterocycles. The van der Waals surface area contributed by atoms with Crippen LogP contribution in [0, 0.1) is 32.1 Å². The number of nitrogens with zero attached hydrogens (tertiary/aromatic N) is 5. The fraction of sp³-hybridized carbons (Fsp3) is 0.552. The smallest absolute Gasteiger partial charge is 0.410 e. The molecule has 2 aliphatic heterocycles. The van der Waals surface area contributed by atoms with E-state index >= 15 is 0 Å². The first kappa shape index (κ1) is 31.6. The maximum Gasteiger partial charge on any atom is 0.410 e. The number of halogens is 2. The Labute approximate surface area is 255 Å². The van der Waals surface area contributed by atoms with E-state index in [0.29, 0.717) is 47.6 Å². The molecule has 4 rings (SSSR count). The molecule has 11 nitrogen and oxygen atoms in total. The molecule has 0 saturated carbocycles. The summed E-state index contributed by atoms with van der Waals surface area (Å²) in [6.07, 6.45) is 1.05. The molecule has 2 aromatic rings. The molecule has 2 aromatic carbocycles. The van der Waals surface area contributed by atoms with Crippen molar-refractivity contribution in [3.8, 4) is 0 Å². The lowest BCUT2D eigenvalue weighted by molar-refractivity contribution is -0.384. The average molecular weight is 623 g/mol.